The molecule has 1 aliphatic rings. The van der Waals surface area contributed by atoms with Crippen molar-refractivity contribution < 1.29 is 9.53 Å². The van der Waals surface area contributed by atoms with Crippen LogP contribution < -0.4 is 15.0 Å². The largest absolute Gasteiger partial charge is 0.481 e. The second-order valence-corrected chi connectivity index (χ2v) is 4.30. The minimum absolute atomic E-state index is 0.0329. The summed E-state index contributed by atoms with van der Waals surface area (Å²) in [5, 5.41) is 2.83. The molecule has 0 bridgehead atoms. The molecule has 0 atom stereocenters. The van der Waals surface area contributed by atoms with Gasteiger partial charge in [0.05, 0.1) is 12.8 Å². The van der Waals surface area contributed by atoms with Crippen molar-refractivity contribution in [2.45, 2.75) is 19.4 Å². The highest BCUT2D eigenvalue weighted by molar-refractivity contribution is 6.05. The van der Waals surface area contributed by atoms with Crippen LogP contribution in [0.25, 0.3) is 0 Å². The van der Waals surface area contributed by atoms with Crippen LogP contribution in [0.15, 0.2) is 12.1 Å². The number of rotatable bonds is 1. The van der Waals surface area contributed by atoms with Gasteiger partial charge in [-0.05, 0) is 19.9 Å². The molecule has 0 saturated heterocycles. The maximum Gasteiger partial charge on any atom is 0.249 e. The predicted octanol–water partition coefficient (Wildman–Crippen LogP) is 1.26. The zero-order valence-corrected chi connectivity index (χ0v) is 9.87. The van der Waals surface area contributed by atoms with Gasteiger partial charge >= 0.3 is 0 Å². The number of fused-ring (bicyclic) bond motifs is 1. The fourth-order valence-corrected chi connectivity index (χ4v) is 1.59. The molecule has 5 heteroatoms. The zero-order valence-electron chi connectivity index (χ0n) is 9.87. The highest BCUT2D eigenvalue weighted by atomic mass is 16.5. The van der Waals surface area contributed by atoms with Crippen molar-refractivity contribution in [3.05, 3.63) is 12.1 Å². The lowest BCUT2D eigenvalue weighted by Gasteiger charge is -2.40. The molecule has 1 aliphatic heterocycles. The third-order valence-electron chi connectivity index (χ3n) is 3.02. The van der Waals surface area contributed by atoms with Gasteiger partial charge in [0.25, 0.3) is 0 Å². The molecular weight excluding hydrogens is 206 g/mol. The summed E-state index contributed by atoms with van der Waals surface area (Å²) in [7, 11) is 3.42. The number of anilines is 2. The van der Waals surface area contributed by atoms with E-state index in [0.717, 1.165) is 5.82 Å². The molecule has 1 N–H and O–H groups in total. The maximum absolute atomic E-state index is 11.8. The van der Waals surface area contributed by atoms with Crippen LogP contribution in [0.2, 0.25) is 0 Å². The van der Waals surface area contributed by atoms with E-state index >= 15 is 0 Å². The molecular formula is C11H15N3O2. The number of methoxy groups -OCH3 is 1. The molecule has 5 nitrogen and oxygen atoms in total. The standard InChI is InChI=1S/C11H15N3O2/c1-11(2)10(15)12-7-5-6-8(16-4)13-9(7)14(11)3/h5-6H,1-4H3,(H,12,15). The van der Waals surface area contributed by atoms with Crippen LogP contribution in [0.3, 0.4) is 0 Å². The average Bonchev–Trinajstić information content (AvgIpc) is 2.27. The lowest BCUT2D eigenvalue weighted by Crippen LogP contribution is -2.54. The van der Waals surface area contributed by atoms with E-state index in [-0.39, 0.29) is 5.91 Å². The average molecular weight is 221 g/mol. The van der Waals surface area contributed by atoms with E-state index in [2.05, 4.69) is 10.3 Å². The molecule has 86 valence electrons. The third kappa shape index (κ3) is 1.39. The van der Waals surface area contributed by atoms with Crippen molar-refractivity contribution >= 4 is 17.4 Å². The summed E-state index contributed by atoms with van der Waals surface area (Å²) in [6.07, 6.45) is 0. The number of amides is 1. The quantitative estimate of drug-likeness (QED) is 0.775. The Labute approximate surface area is 94.4 Å². The fraction of sp³-hybridized carbons (Fsp3) is 0.455. The van der Waals surface area contributed by atoms with Gasteiger partial charge < -0.3 is 15.0 Å². The summed E-state index contributed by atoms with van der Waals surface area (Å²) < 4.78 is 5.07. The number of likely N-dealkylation sites (N-methyl/N-ethyl adjacent to an activating group) is 1. The topological polar surface area (TPSA) is 54.5 Å². The minimum Gasteiger partial charge on any atom is -0.481 e. The van der Waals surface area contributed by atoms with E-state index in [4.69, 9.17) is 4.74 Å². The lowest BCUT2D eigenvalue weighted by atomic mass is 9.99. The van der Waals surface area contributed by atoms with Crippen LogP contribution in [0.1, 0.15) is 13.8 Å². The Bertz CT molecular complexity index is 443. The Hall–Kier alpha value is -1.78. The summed E-state index contributed by atoms with van der Waals surface area (Å²) in [5.41, 5.74) is 0.111. The number of carbonyl (C=O) groups is 1. The van der Waals surface area contributed by atoms with E-state index in [0.29, 0.717) is 11.6 Å². The van der Waals surface area contributed by atoms with Crippen LogP contribution in [0.5, 0.6) is 5.88 Å². The minimum atomic E-state index is -0.605. The van der Waals surface area contributed by atoms with Gasteiger partial charge in [-0.25, -0.2) is 0 Å². The molecule has 0 radical (unpaired) electrons. The molecule has 1 aromatic rings. The molecule has 2 rings (SSSR count). The van der Waals surface area contributed by atoms with Gasteiger partial charge in [0.15, 0.2) is 5.82 Å². The Morgan fingerprint density at radius 2 is 2.12 bits per heavy atom. The first-order valence-electron chi connectivity index (χ1n) is 5.07. The van der Waals surface area contributed by atoms with E-state index in [9.17, 15) is 4.79 Å². The fourth-order valence-electron chi connectivity index (χ4n) is 1.59. The number of hydrogen-bond acceptors (Lipinski definition) is 4. The van der Waals surface area contributed by atoms with Gasteiger partial charge in [-0.1, -0.05) is 0 Å². The summed E-state index contributed by atoms with van der Waals surface area (Å²) in [6, 6.07) is 3.52. The van der Waals surface area contributed by atoms with Gasteiger partial charge in [0.2, 0.25) is 11.8 Å². The third-order valence-corrected chi connectivity index (χ3v) is 3.02. The normalized spacial score (nSPS) is 17.8. The predicted molar refractivity (Wildman–Crippen MR) is 61.9 cm³/mol. The molecule has 0 spiro atoms. The first-order chi connectivity index (χ1) is 7.46. The number of ether oxygens (including phenoxy) is 1. The molecule has 0 aromatic carbocycles. The van der Waals surface area contributed by atoms with Crippen molar-refractivity contribution in [1.82, 2.24) is 4.98 Å². The highest BCUT2D eigenvalue weighted by Crippen LogP contribution is 2.34. The van der Waals surface area contributed by atoms with Crippen molar-refractivity contribution in [1.29, 1.82) is 0 Å². The molecule has 0 unspecified atom stereocenters. The van der Waals surface area contributed by atoms with Crippen molar-refractivity contribution in [2.24, 2.45) is 0 Å². The number of aromatic nitrogens is 1. The number of pyridine rings is 1. The molecule has 0 saturated carbocycles. The van der Waals surface area contributed by atoms with Gasteiger partial charge in [0.1, 0.15) is 5.54 Å². The monoisotopic (exact) mass is 221 g/mol. The first kappa shape index (κ1) is 10.7. The molecule has 0 fully saturated rings. The number of nitrogens with one attached hydrogen (secondary N) is 1. The van der Waals surface area contributed by atoms with Crippen LogP contribution in [0.4, 0.5) is 11.5 Å². The SMILES string of the molecule is COc1ccc2c(n1)N(C)C(C)(C)C(=O)N2. The molecule has 16 heavy (non-hydrogen) atoms. The van der Waals surface area contributed by atoms with E-state index in [1.165, 1.54) is 0 Å². The highest BCUT2D eigenvalue weighted by Gasteiger charge is 2.38. The summed E-state index contributed by atoms with van der Waals surface area (Å²) in [6.45, 7) is 3.71. The Morgan fingerprint density at radius 3 is 2.75 bits per heavy atom. The van der Waals surface area contributed by atoms with E-state index in [1.807, 2.05) is 25.8 Å². The number of nitrogens with zero attached hydrogens (tertiary/aromatic N) is 2. The Kier molecular flexibility index (Phi) is 2.26. The van der Waals surface area contributed by atoms with Crippen LogP contribution in [0, 0.1) is 0 Å². The lowest BCUT2D eigenvalue weighted by molar-refractivity contribution is -0.120. The van der Waals surface area contributed by atoms with Crippen LogP contribution in [-0.4, -0.2) is 30.6 Å². The molecule has 1 aromatic heterocycles. The summed E-state index contributed by atoms with van der Waals surface area (Å²) in [4.78, 5) is 18.0. The first-order valence-corrected chi connectivity index (χ1v) is 5.07. The Balaban J connectivity index is 2.52. The smallest absolute Gasteiger partial charge is 0.249 e. The van der Waals surface area contributed by atoms with Crippen LogP contribution in [-0.2, 0) is 4.79 Å². The van der Waals surface area contributed by atoms with Gasteiger partial charge in [-0.3, -0.25) is 4.79 Å². The summed E-state index contributed by atoms with van der Waals surface area (Å²) >= 11 is 0. The molecule has 2 heterocycles. The van der Waals surface area contributed by atoms with Crippen LogP contribution >= 0.6 is 0 Å². The van der Waals surface area contributed by atoms with Crippen molar-refractivity contribution in [2.75, 3.05) is 24.4 Å². The van der Waals surface area contributed by atoms with Crippen molar-refractivity contribution in [3.8, 4) is 5.88 Å². The van der Waals surface area contributed by atoms with E-state index in [1.54, 1.807) is 19.2 Å². The molecule has 0 aliphatic carbocycles. The van der Waals surface area contributed by atoms with E-state index < -0.39 is 5.54 Å². The number of carbonyl (C=O) groups excluding carboxylic acids is 1. The zero-order chi connectivity index (χ0) is 11.9. The van der Waals surface area contributed by atoms with Gasteiger partial charge in [0, 0.05) is 13.1 Å². The maximum atomic E-state index is 11.8. The van der Waals surface area contributed by atoms with Gasteiger partial charge in [-0.15, -0.1) is 0 Å². The van der Waals surface area contributed by atoms with Gasteiger partial charge in [-0.2, -0.15) is 4.98 Å². The number of hydrogen-bond donors (Lipinski definition) is 1. The molecule has 1 amide bonds. The second kappa shape index (κ2) is 3.37. The summed E-state index contributed by atoms with van der Waals surface area (Å²) in [5.74, 6) is 1.23. The second-order valence-electron chi connectivity index (χ2n) is 4.30. The van der Waals surface area contributed by atoms with Crippen molar-refractivity contribution in [3.63, 3.8) is 0 Å². The Morgan fingerprint density at radius 1 is 1.44 bits per heavy atom.